The molecule has 2 heteroatoms. The summed E-state index contributed by atoms with van der Waals surface area (Å²) in [6.45, 7) is 4.94. The predicted molar refractivity (Wildman–Crippen MR) is 96.1 cm³/mol. The summed E-state index contributed by atoms with van der Waals surface area (Å²) in [6.07, 6.45) is -0.411. The number of hydrogen-bond donors (Lipinski definition) is 0. The topological polar surface area (TPSA) is 18.5 Å². The first-order valence-electron chi connectivity index (χ1n) is 8.04. The Bertz CT molecular complexity index is 677. The minimum Gasteiger partial charge on any atom is -0.344 e. The largest absolute Gasteiger partial charge is 0.344 e. The molecule has 0 spiro atoms. The van der Waals surface area contributed by atoms with Crippen LogP contribution in [0, 0.1) is 6.92 Å². The Hall–Kier alpha value is -2.42. The molecule has 0 unspecified atom stereocenters. The van der Waals surface area contributed by atoms with Crippen LogP contribution in [-0.4, -0.2) is 0 Å². The molecule has 1 radical (unpaired) electrons. The number of ether oxygens (including phenoxy) is 2. The summed E-state index contributed by atoms with van der Waals surface area (Å²) in [7, 11) is 0. The highest BCUT2D eigenvalue weighted by atomic mass is 16.7. The highest BCUT2D eigenvalue weighted by molar-refractivity contribution is 5.25. The molecule has 24 heavy (non-hydrogen) atoms. The second-order valence-electron chi connectivity index (χ2n) is 5.67. The summed E-state index contributed by atoms with van der Waals surface area (Å²) in [5, 5.41) is 0. The molecule has 0 bridgehead atoms. The first-order valence-corrected chi connectivity index (χ1v) is 8.04. The van der Waals surface area contributed by atoms with Crippen molar-refractivity contribution in [1.82, 2.24) is 0 Å². The molecule has 2 nitrogen and oxygen atoms in total. The van der Waals surface area contributed by atoms with Gasteiger partial charge in [-0.1, -0.05) is 84.9 Å². The van der Waals surface area contributed by atoms with Gasteiger partial charge in [0, 0.05) is 5.56 Å². The lowest BCUT2D eigenvalue weighted by Gasteiger charge is -2.19. The molecule has 3 aromatic carbocycles. The first kappa shape index (κ1) is 16.4. The van der Waals surface area contributed by atoms with E-state index in [4.69, 9.17) is 9.47 Å². The average molecular weight is 317 g/mol. The van der Waals surface area contributed by atoms with E-state index >= 15 is 0 Å². The monoisotopic (exact) mass is 317 g/mol. The second kappa shape index (κ2) is 8.44. The SMILES string of the molecule is [CH2]c1ccc(C(OCc2ccccc2)OCc2ccccc2)cc1. The van der Waals surface area contributed by atoms with Gasteiger partial charge in [0.15, 0.2) is 6.29 Å². The fraction of sp³-hybridized carbons (Fsp3) is 0.136. The zero-order chi connectivity index (χ0) is 16.6. The Kier molecular flexibility index (Phi) is 5.78. The van der Waals surface area contributed by atoms with E-state index in [1.54, 1.807) is 0 Å². The fourth-order valence-corrected chi connectivity index (χ4v) is 2.41. The zero-order valence-electron chi connectivity index (χ0n) is 13.6. The van der Waals surface area contributed by atoms with Crippen molar-refractivity contribution in [3.8, 4) is 0 Å². The molecule has 0 heterocycles. The van der Waals surface area contributed by atoms with Crippen LogP contribution in [-0.2, 0) is 22.7 Å². The molecule has 0 aliphatic heterocycles. The van der Waals surface area contributed by atoms with E-state index < -0.39 is 6.29 Å². The van der Waals surface area contributed by atoms with Crippen molar-refractivity contribution < 1.29 is 9.47 Å². The van der Waals surface area contributed by atoms with E-state index in [0.29, 0.717) is 13.2 Å². The lowest BCUT2D eigenvalue weighted by molar-refractivity contribution is -0.161. The Morgan fingerprint density at radius 3 is 1.54 bits per heavy atom. The first-order chi connectivity index (χ1) is 11.8. The highest BCUT2D eigenvalue weighted by Crippen LogP contribution is 2.23. The molecule has 3 rings (SSSR count). The summed E-state index contributed by atoms with van der Waals surface area (Å²) in [4.78, 5) is 0. The maximum absolute atomic E-state index is 6.03. The molecule has 0 N–H and O–H groups in total. The summed E-state index contributed by atoms with van der Waals surface area (Å²) in [5.41, 5.74) is 4.22. The second-order valence-corrected chi connectivity index (χ2v) is 5.67. The third-order valence-electron chi connectivity index (χ3n) is 3.74. The summed E-state index contributed by atoms with van der Waals surface area (Å²) in [5.74, 6) is 0. The van der Waals surface area contributed by atoms with E-state index in [1.807, 2.05) is 84.9 Å². The third kappa shape index (κ3) is 4.79. The van der Waals surface area contributed by atoms with E-state index in [0.717, 1.165) is 22.3 Å². The van der Waals surface area contributed by atoms with E-state index in [-0.39, 0.29) is 0 Å². The van der Waals surface area contributed by atoms with Crippen molar-refractivity contribution in [3.05, 3.63) is 114 Å². The molecule has 0 saturated heterocycles. The van der Waals surface area contributed by atoms with Gasteiger partial charge in [-0.3, -0.25) is 0 Å². The molecule has 121 valence electrons. The van der Waals surface area contributed by atoms with Crippen LogP contribution in [0.4, 0.5) is 0 Å². The van der Waals surface area contributed by atoms with Gasteiger partial charge < -0.3 is 9.47 Å². The Labute approximate surface area is 143 Å². The van der Waals surface area contributed by atoms with Gasteiger partial charge in [-0.25, -0.2) is 0 Å². The van der Waals surface area contributed by atoms with Crippen LogP contribution in [0.1, 0.15) is 28.5 Å². The van der Waals surface area contributed by atoms with Crippen molar-refractivity contribution in [2.24, 2.45) is 0 Å². The van der Waals surface area contributed by atoms with Crippen molar-refractivity contribution in [1.29, 1.82) is 0 Å². The van der Waals surface area contributed by atoms with Crippen LogP contribution in [0.2, 0.25) is 0 Å². The molecule has 0 fully saturated rings. The van der Waals surface area contributed by atoms with Gasteiger partial charge in [-0.15, -0.1) is 0 Å². The molecular formula is C22H21O2. The van der Waals surface area contributed by atoms with Crippen molar-refractivity contribution in [2.45, 2.75) is 19.5 Å². The van der Waals surface area contributed by atoms with E-state index in [2.05, 4.69) is 6.92 Å². The minimum absolute atomic E-state index is 0.411. The molecule has 0 atom stereocenters. The van der Waals surface area contributed by atoms with Crippen LogP contribution in [0.5, 0.6) is 0 Å². The Morgan fingerprint density at radius 2 is 1.08 bits per heavy atom. The molecule has 0 aromatic heterocycles. The Balaban J connectivity index is 1.69. The van der Waals surface area contributed by atoms with Gasteiger partial charge in [0.1, 0.15) is 0 Å². The van der Waals surface area contributed by atoms with Crippen LogP contribution in [0.3, 0.4) is 0 Å². The lowest BCUT2D eigenvalue weighted by Crippen LogP contribution is -2.09. The van der Waals surface area contributed by atoms with Crippen LogP contribution >= 0.6 is 0 Å². The maximum atomic E-state index is 6.03. The average Bonchev–Trinajstić information content (AvgIpc) is 2.64. The van der Waals surface area contributed by atoms with E-state index in [9.17, 15) is 0 Å². The molecule has 0 aliphatic rings. The van der Waals surface area contributed by atoms with Crippen LogP contribution in [0.25, 0.3) is 0 Å². The van der Waals surface area contributed by atoms with Crippen LogP contribution < -0.4 is 0 Å². The quantitative estimate of drug-likeness (QED) is 0.550. The molecular weight excluding hydrogens is 296 g/mol. The third-order valence-corrected chi connectivity index (χ3v) is 3.74. The molecule has 3 aromatic rings. The van der Waals surface area contributed by atoms with Crippen molar-refractivity contribution >= 4 is 0 Å². The normalized spacial score (nSPS) is 10.9. The summed E-state index contributed by atoms with van der Waals surface area (Å²) < 4.78 is 12.1. The maximum Gasteiger partial charge on any atom is 0.184 e. The van der Waals surface area contributed by atoms with Gasteiger partial charge in [0.25, 0.3) is 0 Å². The van der Waals surface area contributed by atoms with E-state index in [1.165, 1.54) is 0 Å². The lowest BCUT2D eigenvalue weighted by atomic mass is 10.1. The van der Waals surface area contributed by atoms with Crippen molar-refractivity contribution in [3.63, 3.8) is 0 Å². The highest BCUT2D eigenvalue weighted by Gasteiger charge is 2.13. The summed E-state index contributed by atoms with van der Waals surface area (Å²) >= 11 is 0. The van der Waals surface area contributed by atoms with Crippen LogP contribution in [0.15, 0.2) is 84.9 Å². The molecule has 0 aliphatic carbocycles. The smallest absolute Gasteiger partial charge is 0.184 e. The van der Waals surface area contributed by atoms with Crippen molar-refractivity contribution in [2.75, 3.05) is 0 Å². The standard InChI is InChI=1S/C22H21O2/c1-18-12-14-21(15-13-18)22(23-16-19-8-4-2-5-9-19)24-17-20-10-6-3-7-11-20/h2-15,22H,1,16-17H2. The number of benzene rings is 3. The molecule has 0 amide bonds. The van der Waals surface area contributed by atoms with Gasteiger partial charge in [-0.05, 0) is 23.6 Å². The number of rotatable bonds is 7. The van der Waals surface area contributed by atoms with Gasteiger partial charge in [0.2, 0.25) is 0 Å². The Morgan fingerprint density at radius 1 is 0.625 bits per heavy atom. The number of hydrogen-bond acceptors (Lipinski definition) is 2. The molecule has 0 saturated carbocycles. The predicted octanol–water partition coefficient (Wildman–Crippen LogP) is 5.30. The zero-order valence-corrected chi connectivity index (χ0v) is 13.6. The summed E-state index contributed by atoms with van der Waals surface area (Å²) in [6, 6.07) is 28.2. The van der Waals surface area contributed by atoms with Gasteiger partial charge in [-0.2, -0.15) is 0 Å². The minimum atomic E-state index is -0.411. The van der Waals surface area contributed by atoms with Gasteiger partial charge >= 0.3 is 0 Å². The van der Waals surface area contributed by atoms with Gasteiger partial charge in [0.05, 0.1) is 13.2 Å². The fourth-order valence-electron chi connectivity index (χ4n) is 2.41.